The van der Waals surface area contributed by atoms with E-state index in [2.05, 4.69) is 4.74 Å². The predicted molar refractivity (Wildman–Crippen MR) is 50.3 cm³/mol. The second-order valence-corrected chi connectivity index (χ2v) is 3.41. The van der Waals surface area contributed by atoms with Gasteiger partial charge in [-0.1, -0.05) is 12.8 Å². The van der Waals surface area contributed by atoms with E-state index in [0.29, 0.717) is 0 Å². The van der Waals surface area contributed by atoms with Crippen molar-refractivity contribution in [2.75, 3.05) is 7.11 Å². The minimum atomic E-state index is -0.0208. The third-order valence-corrected chi connectivity index (χ3v) is 1.89. The van der Waals surface area contributed by atoms with Crippen LogP contribution in [0.15, 0.2) is 0 Å². The first-order valence-electron chi connectivity index (χ1n) is 4.63. The lowest BCUT2D eigenvalue weighted by Gasteiger charge is -2.03. The lowest BCUT2D eigenvalue weighted by Crippen LogP contribution is -2.11. The van der Waals surface area contributed by atoms with Crippen molar-refractivity contribution in [1.29, 1.82) is 0 Å². The molecule has 1 aliphatic rings. The molecule has 13 heavy (non-hydrogen) atoms. The van der Waals surface area contributed by atoms with E-state index < -0.39 is 0 Å². The van der Waals surface area contributed by atoms with Crippen LogP contribution in [0.2, 0.25) is 0 Å². The molecule has 0 saturated heterocycles. The Morgan fingerprint density at radius 3 is 1.85 bits per heavy atom. The van der Waals surface area contributed by atoms with E-state index in [0.717, 1.165) is 12.8 Å². The Balaban J connectivity index is 0.000000310. The van der Waals surface area contributed by atoms with E-state index in [1.807, 2.05) is 0 Å². The van der Waals surface area contributed by atoms with Crippen LogP contribution in [0.25, 0.3) is 0 Å². The highest BCUT2D eigenvalue weighted by Gasteiger charge is 2.22. The molecule has 1 aliphatic carbocycles. The van der Waals surface area contributed by atoms with Gasteiger partial charge in [0.2, 0.25) is 0 Å². The Morgan fingerprint density at radius 2 is 1.54 bits per heavy atom. The molecule has 0 amide bonds. The minimum absolute atomic E-state index is 0.0208. The number of carbonyl (C=O) groups excluding carboxylic acids is 2. The molecule has 0 radical (unpaired) electrons. The van der Waals surface area contributed by atoms with Crippen LogP contribution in [0.5, 0.6) is 0 Å². The summed E-state index contributed by atoms with van der Waals surface area (Å²) in [6.45, 7) is 3.06. The zero-order chi connectivity index (χ0) is 10.3. The van der Waals surface area contributed by atoms with Crippen molar-refractivity contribution in [3.8, 4) is 0 Å². The number of methoxy groups -OCH3 is 1. The number of hydrogen-bond donors (Lipinski definition) is 0. The summed E-state index contributed by atoms with van der Waals surface area (Å²) in [5, 5.41) is 0. The first-order valence-corrected chi connectivity index (χ1v) is 4.63. The number of rotatable bonds is 1. The second kappa shape index (κ2) is 6.63. The maximum Gasteiger partial charge on any atom is 0.308 e. The summed E-state index contributed by atoms with van der Waals surface area (Å²) in [5.41, 5.74) is 0. The molecule has 3 nitrogen and oxygen atoms in total. The molecule has 0 N–H and O–H groups in total. The van der Waals surface area contributed by atoms with Crippen molar-refractivity contribution >= 4 is 11.8 Å². The topological polar surface area (TPSA) is 43.4 Å². The van der Waals surface area contributed by atoms with E-state index in [-0.39, 0.29) is 17.7 Å². The van der Waals surface area contributed by atoms with Crippen LogP contribution in [0.1, 0.15) is 39.5 Å². The smallest absolute Gasteiger partial charge is 0.308 e. The van der Waals surface area contributed by atoms with Gasteiger partial charge in [0.05, 0.1) is 13.0 Å². The average molecular weight is 186 g/mol. The second-order valence-electron chi connectivity index (χ2n) is 3.41. The standard InChI is InChI=1S/C7H12O2.C3H6O/c1-9-7(8)6-4-2-3-5-6;1-3(2)4/h6H,2-5H2,1H3;1-2H3. The van der Waals surface area contributed by atoms with Gasteiger partial charge in [0.15, 0.2) is 0 Å². The van der Waals surface area contributed by atoms with E-state index in [1.165, 1.54) is 33.8 Å². The van der Waals surface area contributed by atoms with Gasteiger partial charge in [0.25, 0.3) is 0 Å². The Labute approximate surface area is 79.5 Å². The van der Waals surface area contributed by atoms with Gasteiger partial charge < -0.3 is 9.53 Å². The fraction of sp³-hybridized carbons (Fsp3) is 0.800. The van der Waals surface area contributed by atoms with E-state index in [4.69, 9.17) is 0 Å². The molecule has 0 spiro atoms. The van der Waals surface area contributed by atoms with Crippen molar-refractivity contribution in [3.05, 3.63) is 0 Å². The number of hydrogen-bond acceptors (Lipinski definition) is 3. The highest BCUT2D eigenvalue weighted by Crippen LogP contribution is 2.25. The van der Waals surface area contributed by atoms with Crippen LogP contribution in [-0.4, -0.2) is 18.9 Å². The maximum atomic E-state index is 10.8. The molecule has 0 aromatic carbocycles. The fourth-order valence-electron chi connectivity index (χ4n) is 1.33. The average Bonchev–Trinajstić information content (AvgIpc) is 2.54. The zero-order valence-electron chi connectivity index (χ0n) is 8.63. The van der Waals surface area contributed by atoms with E-state index in [1.54, 1.807) is 0 Å². The number of esters is 1. The van der Waals surface area contributed by atoms with Crippen LogP contribution in [-0.2, 0) is 14.3 Å². The molecular weight excluding hydrogens is 168 g/mol. The zero-order valence-corrected chi connectivity index (χ0v) is 8.63. The molecule has 3 heteroatoms. The lowest BCUT2D eigenvalue weighted by molar-refractivity contribution is -0.145. The molecule has 1 rings (SSSR count). The van der Waals surface area contributed by atoms with Gasteiger partial charge in [-0.25, -0.2) is 0 Å². The van der Waals surface area contributed by atoms with Crippen molar-refractivity contribution in [1.82, 2.24) is 0 Å². The molecule has 0 aromatic heterocycles. The van der Waals surface area contributed by atoms with Gasteiger partial charge in [0, 0.05) is 0 Å². The Kier molecular flexibility index (Phi) is 6.20. The first-order chi connectivity index (χ1) is 6.07. The van der Waals surface area contributed by atoms with Crippen LogP contribution in [0, 0.1) is 5.92 Å². The lowest BCUT2D eigenvalue weighted by atomic mass is 10.1. The van der Waals surface area contributed by atoms with Crippen molar-refractivity contribution < 1.29 is 14.3 Å². The number of ketones is 1. The van der Waals surface area contributed by atoms with Gasteiger partial charge in [-0.3, -0.25) is 4.79 Å². The number of ether oxygens (including phenoxy) is 1. The highest BCUT2D eigenvalue weighted by atomic mass is 16.5. The molecule has 0 unspecified atom stereocenters. The van der Waals surface area contributed by atoms with Gasteiger partial charge >= 0.3 is 5.97 Å². The monoisotopic (exact) mass is 186 g/mol. The Bertz CT molecular complexity index is 165. The molecule has 0 atom stereocenters. The van der Waals surface area contributed by atoms with Gasteiger partial charge in [0.1, 0.15) is 5.78 Å². The van der Waals surface area contributed by atoms with Crippen LogP contribution >= 0.6 is 0 Å². The summed E-state index contributed by atoms with van der Waals surface area (Å²) in [7, 11) is 1.46. The number of carbonyl (C=O) groups is 2. The molecule has 1 fully saturated rings. The molecular formula is C10H18O3. The van der Waals surface area contributed by atoms with Crippen LogP contribution in [0.4, 0.5) is 0 Å². The molecule has 76 valence electrons. The van der Waals surface area contributed by atoms with Crippen molar-refractivity contribution in [2.24, 2.45) is 5.92 Å². The van der Waals surface area contributed by atoms with Gasteiger partial charge in [-0.05, 0) is 26.7 Å². The van der Waals surface area contributed by atoms with Gasteiger partial charge in [-0.2, -0.15) is 0 Å². The molecule has 1 saturated carbocycles. The summed E-state index contributed by atoms with van der Waals surface area (Å²) in [6, 6.07) is 0. The normalized spacial score (nSPS) is 15.9. The largest absolute Gasteiger partial charge is 0.469 e. The van der Waals surface area contributed by atoms with Crippen LogP contribution in [0.3, 0.4) is 0 Å². The van der Waals surface area contributed by atoms with Crippen LogP contribution < -0.4 is 0 Å². The molecule has 0 bridgehead atoms. The third kappa shape index (κ3) is 6.31. The summed E-state index contributed by atoms with van der Waals surface area (Å²) < 4.78 is 4.60. The molecule has 0 aliphatic heterocycles. The van der Waals surface area contributed by atoms with Crippen molar-refractivity contribution in [2.45, 2.75) is 39.5 Å². The SMILES string of the molecule is CC(C)=O.COC(=O)C1CCCC1. The summed E-state index contributed by atoms with van der Waals surface area (Å²) in [5.74, 6) is 0.363. The Morgan fingerprint density at radius 1 is 1.15 bits per heavy atom. The van der Waals surface area contributed by atoms with Crippen molar-refractivity contribution in [3.63, 3.8) is 0 Å². The minimum Gasteiger partial charge on any atom is -0.469 e. The quantitative estimate of drug-likeness (QED) is 0.588. The maximum absolute atomic E-state index is 10.8. The summed E-state index contributed by atoms with van der Waals surface area (Å²) in [4.78, 5) is 20.2. The predicted octanol–water partition coefficient (Wildman–Crippen LogP) is 1.94. The Hall–Kier alpha value is -0.860. The molecule has 0 heterocycles. The summed E-state index contributed by atoms with van der Waals surface area (Å²) in [6.07, 6.45) is 4.46. The third-order valence-electron chi connectivity index (χ3n) is 1.89. The fourth-order valence-corrected chi connectivity index (χ4v) is 1.33. The highest BCUT2D eigenvalue weighted by molar-refractivity contribution is 5.72. The van der Waals surface area contributed by atoms with E-state index >= 15 is 0 Å². The van der Waals surface area contributed by atoms with Gasteiger partial charge in [-0.15, -0.1) is 0 Å². The first kappa shape index (κ1) is 12.1. The summed E-state index contributed by atoms with van der Waals surface area (Å²) >= 11 is 0. The number of Topliss-reactive ketones (excluding diaryl/α,β-unsaturated/α-hetero) is 1. The van der Waals surface area contributed by atoms with E-state index in [9.17, 15) is 9.59 Å². The molecule has 0 aromatic rings.